The predicted octanol–water partition coefficient (Wildman–Crippen LogP) is 3.70. The third-order valence-electron chi connectivity index (χ3n) is 6.05. The molecule has 2 nitrogen and oxygen atoms in total. The third kappa shape index (κ3) is 1.88. The maximum Gasteiger partial charge on any atom is 0.119 e. The minimum absolute atomic E-state index is 0.0771. The van der Waals surface area contributed by atoms with Crippen LogP contribution in [-0.4, -0.2) is 18.8 Å². The van der Waals surface area contributed by atoms with Gasteiger partial charge in [0.15, 0.2) is 0 Å². The van der Waals surface area contributed by atoms with Crippen LogP contribution in [0.3, 0.4) is 0 Å². The average Bonchev–Trinajstić information content (AvgIpc) is 2.46. The highest BCUT2D eigenvalue weighted by atomic mass is 16.5. The molecule has 1 aromatic rings. The Morgan fingerprint density at radius 3 is 2.80 bits per heavy atom. The van der Waals surface area contributed by atoms with Crippen molar-refractivity contribution in [2.75, 3.05) is 13.7 Å². The van der Waals surface area contributed by atoms with E-state index in [0.29, 0.717) is 12.5 Å². The molecule has 0 amide bonds. The molecule has 3 atom stereocenters. The SMILES string of the molecule is COc1ccc2c(c1)C1(C)CCC[C@@](C)(CO)C1CC2. The van der Waals surface area contributed by atoms with E-state index in [4.69, 9.17) is 4.74 Å². The van der Waals surface area contributed by atoms with Gasteiger partial charge in [0.05, 0.1) is 7.11 Å². The fourth-order valence-electron chi connectivity index (χ4n) is 4.89. The van der Waals surface area contributed by atoms with Crippen molar-refractivity contribution in [2.45, 2.75) is 51.4 Å². The Labute approximate surface area is 122 Å². The molecule has 2 aliphatic rings. The van der Waals surface area contributed by atoms with Crippen molar-refractivity contribution in [1.29, 1.82) is 0 Å². The maximum atomic E-state index is 9.93. The lowest BCUT2D eigenvalue weighted by molar-refractivity contribution is -0.0179. The predicted molar refractivity (Wildman–Crippen MR) is 81.2 cm³/mol. The fraction of sp³-hybridized carbons (Fsp3) is 0.667. The fourth-order valence-corrected chi connectivity index (χ4v) is 4.89. The van der Waals surface area contributed by atoms with E-state index in [9.17, 15) is 5.11 Å². The van der Waals surface area contributed by atoms with E-state index in [1.54, 1.807) is 7.11 Å². The molecule has 0 aromatic heterocycles. The normalized spacial score (nSPS) is 36.1. The third-order valence-corrected chi connectivity index (χ3v) is 6.05. The minimum Gasteiger partial charge on any atom is -0.497 e. The van der Waals surface area contributed by atoms with Crippen LogP contribution >= 0.6 is 0 Å². The first-order valence-electron chi connectivity index (χ1n) is 7.82. The summed E-state index contributed by atoms with van der Waals surface area (Å²) < 4.78 is 5.43. The van der Waals surface area contributed by atoms with E-state index in [0.717, 1.165) is 18.6 Å². The molecule has 2 heteroatoms. The zero-order chi connectivity index (χ0) is 14.4. The molecule has 0 bridgehead atoms. The lowest BCUT2D eigenvalue weighted by Gasteiger charge is -2.55. The smallest absolute Gasteiger partial charge is 0.119 e. The summed E-state index contributed by atoms with van der Waals surface area (Å²) in [5.74, 6) is 1.54. The second-order valence-electron chi connectivity index (χ2n) is 7.20. The van der Waals surface area contributed by atoms with E-state index in [1.165, 1.54) is 30.4 Å². The van der Waals surface area contributed by atoms with Crippen molar-refractivity contribution < 1.29 is 9.84 Å². The summed E-state index contributed by atoms with van der Waals surface area (Å²) >= 11 is 0. The van der Waals surface area contributed by atoms with Gasteiger partial charge >= 0.3 is 0 Å². The van der Waals surface area contributed by atoms with Gasteiger partial charge in [0.1, 0.15) is 5.75 Å². The van der Waals surface area contributed by atoms with Crippen LogP contribution < -0.4 is 4.74 Å². The van der Waals surface area contributed by atoms with Crippen LogP contribution in [0, 0.1) is 11.3 Å². The van der Waals surface area contributed by atoms with Crippen LogP contribution in [0.5, 0.6) is 5.75 Å². The van der Waals surface area contributed by atoms with Gasteiger partial charge in [0.2, 0.25) is 0 Å². The van der Waals surface area contributed by atoms with Crippen LogP contribution in [0.1, 0.15) is 50.7 Å². The Bertz CT molecular complexity index is 510. The van der Waals surface area contributed by atoms with Gasteiger partial charge in [-0.1, -0.05) is 26.3 Å². The average molecular weight is 274 g/mol. The molecule has 1 saturated carbocycles. The molecular formula is C18H26O2. The quantitative estimate of drug-likeness (QED) is 0.891. The monoisotopic (exact) mass is 274 g/mol. The van der Waals surface area contributed by atoms with Crippen LogP contribution in [0.25, 0.3) is 0 Å². The highest BCUT2D eigenvalue weighted by Crippen LogP contribution is 2.57. The van der Waals surface area contributed by atoms with Gasteiger partial charge in [0.25, 0.3) is 0 Å². The molecule has 0 aliphatic heterocycles. The van der Waals surface area contributed by atoms with Gasteiger partial charge in [-0.05, 0) is 65.7 Å². The van der Waals surface area contributed by atoms with Crippen molar-refractivity contribution in [3.8, 4) is 5.75 Å². The maximum absolute atomic E-state index is 9.93. The summed E-state index contributed by atoms with van der Waals surface area (Å²) in [6.07, 6.45) is 5.93. The highest BCUT2D eigenvalue weighted by molar-refractivity contribution is 5.43. The van der Waals surface area contributed by atoms with E-state index < -0.39 is 0 Å². The highest BCUT2D eigenvalue weighted by Gasteiger charge is 2.51. The largest absolute Gasteiger partial charge is 0.497 e. The number of hydrogen-bond acceptors (Lipinski definition) is 2. The van der Waals surface area contributed by atoms with Gasteiger partial charge in [-0.25, -0.2) is 0 Å². The molecule has 2 aliphatic carbocycles. The molecule has 1 aromatic carbocycles. The van der Waals surface area contributed by atoms with E-state index in [2.05, 4.69) is 32.0 Å². The number of hydrogen-bond donors (Lipinski definition) is 1. The zero-order valence-corrected chi connectivity index (χ0v) is 12.9. The zero-order valence-electron chi connectivity index (χ0n) is 12.9. The second kappa shape index (κ2) is 4.77. The summed E-state index contributed by atoms with van der Waals surface area (Å²) in [5, 5.41) is 9.93. The lowest BCUT2D eigenvalue weighted by Crippen LogP contribution is -2.50. The Morgan fingerprint density at radius 2 is 2.10 bits per heavy atom. The molecule has 1 N–H and O–H groups in total. The van der Waals surface area contributed by atoms with Gasteiger partial charge in [-0.3, -0.25) is 0 Å². The number of aliphatic hydroxyl groups excluding tert-OH is 1. The topological polar surface area (TPSA) is 29.5 Å². The summed E-state index contributed by atoms with van der Waals surface area (Å²) in [7, 11) is 1.74. The summed E-state index contributed by atoms with van der Waals surface area (Å²) in [6.45, 7) is 5.00. The Hall–Kier alpha value is -1.02. The number of ether oxygens (including phenoxy) is 1. The molecule has 0 radical (unpaired) electrons. The van der Waals surface area contributed by atoms with Crippen molar-refractivity contribution >= 4 is 0 Å². The number of aryl methyl sites for hydroxylation is 1. The number of benzene rings is 1. The van der Waals surface area contributed by atoms with Crippen molar-refractivity contribution in [3.63, 3.8) is 0 Å². The van der Waals surface area contributed by atoms with Gasteiger partial charge in [0, 0.05) is 6.61 Å². The molecule has 2 unspecified atom stereocenters. The summed E-state index contributed by atoms with van der Waals surface area (Å²) in [6, 6.07) is 6.56. The standard InChI is InChI=1S/C18H26O2/c1-17(12-19)9-4-10-18(2)15-11-14(20-3)7-5-13(15)6-8-16(17)18/h5,7,11,16,19H,4,6,8-10,12H2,1-3H3/t16?,17-,18?/m0/s1. The molecule has 1 fully saturated rings. The Morgan fingerprint density at radius 1 is 1.30 bits per heavy atom. The summed E-state index contributed by atoms with van der Waals surface area (Å²) in [5.41, 5.74) is 3.21. The molecule has 3 rings (SSSR count). The summed E-state index contributed by atoms with van der Waals surface area (Å²) in [4.78, 5) is 0. The van der Waals surface area contributed by atoms with Crippen molar-refractivity contribution in [1.82, 2.24) is 0 Å². The molecule has 0 saturated heterocycles. The van der Waals surface area contributed by atoms with Gasteiger partial charge in [-0.2, -0.15) is 0 Å². The molecule has 110 valence electrons. The first-order valence-corrected chi connectivity index (χ1v) is 7.82. The number of aliphatic hydroxyl groups is 1. The van der Waals surface area contributed by atoms with Gasteiger partial charge < -0.3 is 9.84 Å². The number of rotatable bonds is 2. The van der Waals surface area contributed by atoms with E-state index >= 15 is 0 Å². The second-order valence-corrected chi connectivity index (χ2v) is 7.20. The van der Waals surface area contributed by atoms with Crippen LogP contribution in [0.15, 0.2) is 18.2 Å². The minimum atomic E-state index is 0.0771. The van der Waals surface area contributed by atoms with Crippen molar-refractivity contribution in [2.24, 2.45) is 11.3 Å². The molecule has 20 heavy (non-hydrogen) atoms. The van der Waals surface area contributed by atoms with E-state index in [-0.39, 0.29) is 10.8 Å². The molecule has 0 heterocycles. The number of methoxy groups -OCH3 is 1. The van der Waals surface area contributed by atoms with Crippen molar-refractivity contribution in [3.05, 3.63) is 29.3 Å². The van der Waals surface area contributed by atoms with Crippen LogP contribution in [0.4, 0.5) is 0 Å². The first-order chi connectivity index (χ1) is 9.53. The number of fused-ring (bicyclic) bond motifs is 3. The molecule has 0 spiro atoms. The first kappa shape index (κ1) is 13.9. The van der Waals surface area contributed by atoms with Crippen LogP contribution in [0.2, 0.25) is 0 Å². The molecular weight excluding hydrogens is 248 g/mol. The van der Waals surface area contributed by atoms with E-state index in [1.807, 2.05) is 0 Å². The lowest BCUT2D eigenvalue weighted by atomic mass is 9.50. The van der Waals surface area contributed by atoms with Gasteiger partial charge in [-0.15, -0.1) is 0 Å². The Kier molecular flexibility index (Phi) is 3.32. The van der Waals surface area contributed by atoms with Crippen LogP contribution in [-0.2, 0) is 11.8 Å². The Balaban J connectivity index is 2.09.